The fourth-order valence-electron chi connectivity index (χ4n) is 3.74. The summed E-state index contributed by atoms with van der Waals surface area (Å²) in [7, 11) is 0. The van der Waals surface area contributed by atoms with Gasteiger partial charge in [0, 0.05) is 48.6 Å². The molecule has 0 bridgehead atoms. The Morgan fingerprint density at radius 3 is 1.05 bits per heavy atom. The molecule has 0 nitrogen and oxygen atoms in total. The van der Waals surface area contributed by atoms with Gasteiger partial charge in [0.1, 0.15) is 0 Å². The highest BCUT2D eigenvalue weighted by atomic mass is 32.3. The Balaban J connectivity index is 1.17. The molecule has 0 amide bonds. The van der Waals surface area contributed by atoms with Gasteiger partial charge >= 0.3 is 0 Å². The van der Waals surface area contributed by atoms with Gasteiger partial charge < -0.3 is 0 Å². The Labute approximate surface area is 284 Å². The normalized spacial score (nSPS) is 25.5. The lowest BCUT2D eigenvalue weighted by molar-refractivity contribution is 1.45. The van der Waals surface area contributed by atoms with E-state index in [1.165, 1.54) is 97.8 Å². The predicted octanol–water partition coefficient (Wildman–Crippen LogP) is 13.1. The minimum Gasteiger partial charge on any atom is -0.116 e. The third kappa shape index (κ3) is 6.44. The fraction of sp³-hybridized carbons (Fsp3) is 0.333. The summed E-state index contributed by atoms with van der Waals surface area (Å²) in [6.07, 6.45) is 4.75. The maximum absolute atomic E-state index is 2.38. The second-order valence-electron chi connectivity index (χ2n) is 8.09. The molecule has 0 aromatic rings. The minimum absolute atomic E-state index is 1.24. The Morgan fingerprint density at radius 1 is 0.421 bits per heavy atom. The third-order valence-corrected chi connectivity index (χ3v) is 25.9. The molecule has 0 fully saturated rings. The van der Waals surface area contributed by atoms with Crippen molar-refractivity contribution in [3.8, 4) is 0 Å². The molecule has 0 N–H and O–H groups in total. The van der Waals surface area contributed by atoms with Crippen molar-refractivity contribution in [2.24, 2.45) is 0 Å². The largest absolute Gasteiger partial charge is 0.116 e. The van der Waals surface area contributed by atoms with E-state index in [-0.39, 0.29) is 0 Å². The van der Waals surface area contributed by atoms with Crippen LogP contribution in [0.1, 0.15) is 13.8 Å². The first-order chi connectivity index (χ1) is 18.6. The lowest BCUT2D eigenvalue weighted by Crippen LogP contribution is -1.88. The van der Waals surface area contributed by atoms with E-state index in [4.69, 9.17) is 0 Å². The summed E-state index contributed by atoms with van der Waals surface area (Å²) in [4.78, 5) is 2.94. The molecule has 0 saturated carbocycles. The van der Waals surface area contributed by atoms with E-state index in [1.54, 1.807) is 0 Å². The van der Waals surface area contributed by atoms with Crippen LogP contribution in [0.2, 0.25) is 0 Å². The molecule has 0 radical (unpaired) electrons. The van der Waals surface area contributed by atoms with E-state index in [1.807, 2.05) is 165 Å². The van der Waals surface area contributed by atoms with E-state index >= 15 is 0 Å². The Bertz CT molecular complexity index is 1210. The Kier molecular flexibility index (Phi) is 10.4. The second-order valence-corrected chi connectivity index (χ2v) is 25.6. The number of hydrogen-bond donors (Lipinski definition) is 0. The summed E-state index contributed by atoms with van der Waals surface area (Å²) >= 11 is 28.3. The lowest BCUT2D eigenvalue weighted by Gasteiger charge is -2.11. The molecule has 0 aromatic carbocycles. The van der Waals surface area contributed by atoms with Crippen LogP contribution in [-0.4, -0.2) is 34.5 Å². The number of allylic oxidation sites excluding steroid dienone is 4. The molecule has 0 spiro atoms. The summed E-state index contributed by atoms with van der Waals surface area (Å²) in [5.41, 5.74) is 2.92. The van der Waals surface area contributed by atoms with Crippen LogP contribution in [0, 0.1) is 0 Å². The first-order valence-corrected chi connectivity index (χ1v) is 24.1. The Morgan fingerprint density at radius 2 is 0.711 bits per heavy atom. The fourth-order valence-corrected chi connectivity index (χ4v) is 24.3. The minimum atomic E-state index is 1.24. The van der Waals surface area contributed by atoms with Gasteiger partial charge in [-0.25, -0.2) is 0 Å². The maximum atomic E-state index is 2.38. The van der Waals surface area contributed by atoms with Crippen molar-refractivity contribution < 1.29 is 0 Å². The number of thioether (sulfide) groups is 14. The van der Waals surface area contributed by atoms with Crippen molar-refractivity contribution in [1.29, 1.82) is 0 Å². The van der Waals surface area contributed by atoms with Crippen LogP contribution in [-0.2, 0) is 0 Å². The van der Waals surface area contributed by atoms with E-state index in [9.17, 15) is 0 Å². The summed E-state index contributed by atoms with van der Waals surface area (Å²) in [5, 5.41) is 0. The van der Waals surface area contributed by atoms with Gasteiger partial charge in [-0.15, -0.1) is 70.6 Å². The number of hydrogen-bond acceptors (Lipinski definition) is 14. The summed E-state index contributed by atoms with van der Waals surface area (Å²) in [6, 6.07) is 0. The van der Waals surface area contributed by atoms with Crippen LogP contribution in [0.25, 0.3) is 0 Å². The van der Waals surface area contributed by atoms with Gasteiger partial charge in [-0.3, -0.25) is 0 Å². The molecule has 0 aliphatic carbocycles. The van der Waals surface area contributed by atoms with E-state index in [0.29, 0.717) is 0 Å². The first-order valence-electron chi connectivity index (χ1n) is 11.6. The molecule has 14 heteroatoms. The van der Waals surface area contributed by atoms with Gasteiger partial charge in [-0.05, 0) is 37.1 Å². The maximum Gasteiger partial charge on any atom is 0.0660 e. The quantitative estimate of drug-likeness (QED) is 0.268. The molecule has 0 atom stereocenters. The van der Waals surface area contributed by atoms with Crippen LogP contribution in [0.4, 0.5) is 0 Å². The standard InChI is InChI=1S/C24H20S14/c1-11(17-35-21-22(36-17)28-8-7-27-21)15-16(12(2)18-37-23-24(38-18)30-10-9-29-23)32-13(31-15)3-4-14-33-19-20(34-14)26-6-5-25-19/h3-4H,5-10H2,1-2H3. The SMILES string of the molecule is CC(=C1SC2=C(SCCS2)S1)C1=C(C(C)=C2SC3=C(SCCS3)S2)SC(=CC=C2SC3=C(SCCS3)S2)S1. The molecular formula is C24H20S14. The smallest absolute Gasteiger partial charge is 0.0660 e. The summed E-state index contributed by atoms with van der Waals surface area (Å²) in [5.74, 6) is 7.44. The van der Waals surface area contributed by atoms with Gasteiger partial charge in [0.2, 0.25) is 0 Å². The van der Waals surface area contributed by atoms with E-state index < -0.39 is 0 Å². The Hall–Kier alpha value is 2.82. The predicted molar refractivity (Wildman–Crippen MR) is 205 cm³/mol. The lowest BCUT2D eigenvalue weighted by atomic mass is 10.2. The topological polar surface area (TPSA) is 0 Å². The van der Waals surface area contributed by atoms with Gasteiger partial charge in [0.15, 0.2) is 0 Å². The summed E-state index contributed by atoms with van der Waals surface area (Å²) < 4.78 is 15.0. The van der Waals surface area contributed by atoms with Crippen molar-refractivity contribution >= 4 is 165 Å². The molecule has 7 aliphatic heterocycles. The first kappa shape index (κ1) is 29.5. The van der Waals surface area contributed by atoms with Crippen LogP contribution in [0.15, 0.2) is 75.5 Å². The molecular weight excluding hydrogens is 737 g/mol. The highest BCUT2D eigenvalue weighted by Crippen LogP contribution is 2.66. The highest BCUT2D eigenvalue weighted by Gasteiger charge is 2.33. The molecule has 7 rings (SSSR count). The molecule has 38 heavy (non-hydrogen) atoms. The van der Waals surface area contributed by atoms with Crippen LogP contribution >= 0.6 is 165 Å². The average Bonchev–Trinajstić information content (AvgIpc) is 3.74. The average molecular weight is 757 g/mol. The zero-order valence-corrected chi connectivity index (χ0v) is 31.5. The number of rotatable bonds is 3. The van der Waals surface area contributed by atoms with Crippen molar-refractivity contribution in [1.82, 2.24) is 0 Å². The third-order valence-electron chi connectivity index (χ3n) is 5.54. The van der Waals surface area contributed by atoms with Gasteiger partial charge in [-0.1, -0.05) is 94.1 Å². The van der Waals surface area contributed by atoms with Crippen LogP contribution in [0.3, 0.4) is 0 Å². The van der Waals surface area contributed by atoms with Crippen molar-refractivity contribution in [2.45, 2.75) is 13.8 Å². The molecule has 0 saturated heterocycles. The zero-order chi connectivity index (χ0) is 25.6. The highest BCUT2D eigenvalue weighted by molar-refractivity contribution is 8.43. The van der Waals surface area contributed by atoms with Crippen molar-refractivity contribution in [3.05, 3.63) is 75.5 Å². The zero-order valence-electron chi connectivity index (χ0n) is 20.1. The van der Waals surface area contributed by atoms with Crippen molar-refractivity contribution in [2.75, 3.05) is 34.5 Å². The van der Waals surface area contributed by atoms with E-state index in [0.717, 1.165) is 0 Å². The molecule has 7 heterocycles. The van der Waals surface area contributed by atoms with E-state index in [2.05, 4.69) is 26.0 Å². The summed E-state index contributed by atoms with van der Waals surface area (Å²) in [6.45, 7) is 4.73. The van der Waals surface area contributed by atoms with Gasteiger partial charge in [0.25, 0.3) is 0 Å². The van der Waals surface area contributed by atoms with Gasteiger partial charge in [0.05, 0.1) is 38.1 Å². The second kappa shape index (κ2) is 13.4. The molecule has 0 aromatic heterocycles. The van der Waals surface area contributed by atoms with Crippen LogP contribution < -0.4 is 0 Å². The molecule has 200 valence electrons. The molecule has 7 aliphatic rings. The van der Waals surface area contributed by atoms with Crippen molar-refractivity contribution in [3.63, 3.8) is 0 Å². The monoisotopic (exact) mass is 756 g/mol. The van der Waals surface area contributed by atoms with Crippen LogP contribution in [0.5, 0.6) is 0 Å². The van der Waals surface area contributed by atoms with Gasteiger partial charge in [-0.2, -0.15) is 0 Å². The molecule has 0 unspecified atom stereocenters.